The third-order valence-corrected chi connectivity index (χ3v) is 1.18. The summed E-state index contributed by atoms with van der Waals surface area (Å²) in [6, 6.07) is 0.216. The van der Waals surface area contributed by atoms with Crippen molar-refractivity contribution in [3.05, 3.63) is 0 Å². The van der Waals surface area contributed by atoms with E-state index in [0.717, 1.165) is 0 Å². The molecule has 44 valence electrons. The van der Waals surface area contributed by atoms with Crippen LogP contribution in [-0.2, 0) is 10.6 Å². The van der Waals surface area contributed by atoms with E-state index in [1.807, 2.05) is 13.8 Å². The minimum Gasteiger partial charge on any atom is -0.253 e. The Kier molecular flexibility index (Phi) is 3.00. The Balaban J connectivity index is 3.68. The van der Waals surface area contributed by atoms with Gasteiger partial charge in [-0.15, -0.1) is 0 Å². The molecule has 7 heavy (non-hydrogen) atoms. The number of hydrogen-bond acceptors (Lipinski definition) is 2. The summed E-state index contributed by atoms with van der Waals surface area (Å²) in [5, 5.41) is 0. The van der Waals surface area contributed by atoms with E-state index in [2.05, 4.69) is 4.36 Å². The molecule has 0 aliphatic rings. The van der Waals surface area contributed by atoms with Crippen molar-refractivity contribution in [1.82, 2.24) is 0 Å². The van der Waals surface area contributed by atoms with Crippen molar-refractivity contribution in [1.29, 1.82) is 0 Å². The number of nitrogens with zero attached hydrogens (tertiary/aromatic N) is 1. The third kappa shape index (κ3) is 5.95. The van der Waals surface area contributed by atoms with Gasteiger partial charge >= 0.3 is 0 Å². The molecule has 0 aromatic heterocycles. The van der Waals surface area contributed by atoms with Crippen LogP contribution in [-0.4, -0.2) is 16.5 Å². The van der Waals surface area contributed by atoms with Gasteiger partial charge < -0.3 is 0 Å². The molecule has 0 radical (unpaired) electrons. The summed E-state index contributed by atoms with van der Waals surface area (Å²) < 4.78 is 14.0. The molecule has 1 unspecified atom stereocenters. The lowest BCUT2D eigenvalue weighted by atomic mass is 10.4. The summed E-state index contributed by atoms with van der Waals surface area (Å²) in [7, 11) is -1.26. The van der Waals surface area contributed by atoms with Gasteiger partial charge in [-0.1, -0.05) is 0 Å². The van der Waals surface area contributed by atoms with Crippen LogP contribution < -0.4 is 0 Å². The lowest BCUT2D eigenvalue weighted by Gasteiger charge is -1.88. The molecule has 0 amide bonds. The van der Waals surface area contributed by atoms with Gasteiger partial charge in [0.25, 0.3) is 0 Å². The predicted octanol–water partition coefficient (Wildman–Crippen LogP) is 0.689. The zero-order valence-electron chi connectivity index (χ0n) is 4.88. The van der Waals surface area contributed by atoms with Crippen LogP contribution in [0, 0.1) is 0 Å². The average Bonchev–Trinajstić information content (AvgIpc) is 1.27. The second kappa shape index (κ2) is 3.02. The molecule has 0 aromatic rings. The van der Waals surface area contributed by atoms with Gasteiger partial charge in [-0.2, -0.15) is 0 Å². The number of rotatable bonds is 1. The first kappa shape index (κ1) is 6.95. The van der Waals surface area contributed by atoms with E-state index in [0.29, 0.717) is 0 Å². The maximum Gasteiger partial charge on any atom is 0.0535 e. The Morgan fingerprint density at radius 2 is 2.00 bits per heavy atom. The topological polar surface area (TPSA) is 29.4 Å². The molecule has 2 nitrogen and oxygen atoms in total. The minimum absolute atomic E-state index is 0.216. The van der Waals surface area contributed by atoms with E-state index in [4.69, 9.17) is 0 Å². The third-order valence-electron chi connectivity index (χ3n) is 0.394. The zero-order chi connectivity index (χ0) is 5.86. The predicted molar refractivity (Wildman–Crippen MR) is 33.0 cm³/mol. The van der Waals surface area contributed by atoms with E-state index in [1.165, 1.54) is 0 Å². The molecule has 0 spiro atoms. The van der Waals surface area contributed by atoms with E-state index in [9.17, 15) is 4.21 Å². The van der Waals surface area contributed by atoms with Crippen molar-refractivity contribution >= 4 is 10.6 Å². The first-order chi connectivity index (χ1) is 3.13. The highest BCUT2D eigenvalue weighted by Crippen LogP contribution is 1.83. The summed E-state index contributed by atoms with van der Waals surface area (Å²) in [5.41, 5.74) is 0. The molecule has 0 saturated heterocycles. The molecule has 0 heterocycles. The first-order valence-corrected chi connectivity index (χ1v) is 3.90. The highest BCUT2D eigenvalue weighted by atomic mass is 32.2. The van der Waals surface area contributed by atoms with Crippen molar-refractivity contribution < 1.29 is 4.21 Å². The minimum atomic E-state index is -1.26. The Bertz CT molecular complexity index is 113. The second-order valence-corrected chi connectivity index (χ2v) is 2.83. The zero-order valence-corrected chi connectivity index (χ0v) is 5.77. The van der Waals surface area contributed by atoms with Gasteiger partial charge in [0.05, 0.1) is 6.04 Å². The molecule has 0 aromatic carbocycles. The van der Waals surface area contributed by atoms with Gasteiger partial charge in [0.15, 0.2) is 0 Å². The van der Waals surface area contributed by atoms with Crippen molar-refractivity contribution in [3.8, 4) is 0 Å². The van der Waals surface area contributed by atoms with Crippen LogP contribution in [0.2, 0.25) is 0 Å². The normalized spacial score (nSPS) is 15.4. The lowest BCUT2D eigenvalue weighted by Crippen LogP contribution is -1.86. The van der Waals surface area contributed by atoms with Gasteiger partial charge in [0.2, 0.25) is 0 Å². The molecule has 0 bridgehead atoms. The molecule has 0 aliphatic carbocycles. The van der Waals surface area contributed by atoms with Gasteiger partial charge in [0.1, 0.15) is 0 Å². The summed E-state index contributed by atoms with van der Waals surface area (Å²) in [6.07, 6.45) is 1.61. The lowest BCUT2D eigenvalue weighted by molar-refractivity contribution is 0.686. The van der Waals surface area contributed by atoms with E-state index >= 15 is 0 Å². The number of thiol groups is 1. The molecule has 3 heteroatoms. The molecule has 0 N–H and O–H groups in total. The summed E-state index contributed by atoms with van der Waals surface area (Å²) in [5.74, 6) is 0. The summed E-state index contributed by atoms with van der Waals surface area (Å²) in [6.45, 7) is 3.83. The van der Waals surface area contributed by atoms with E-state index in [-0.39, 0.29) is 6.04 Å². The van der Waals surface area contributed by atoms with Crippen LogP contribution in [0.3, 0.4) is 0 Å². The van der Waals surface area contributed by atoms with Gasteiger partial charge in [-0.3, -0.25) is 4.21 Å². The Labute approximate surface area is 46.1 Å². The van der Waals surface area contributed by atoms with Crippen LogP contribution in [0.15, 0.2) is 4.36 Å². The molecule has 0 rings (SSSR count). The van der Waals surface area contributed by atoms with Crippen LogP contribution in [0.25, 0.3) is 0 Å². The van der Waals surface area contributed by atoms with Gasteiger partial charge in [-0.25, -0.2) is 4.36 Å². The molecule has 0 aliphatic heterocycles. The Morgan fingerprint density at radius 1 is 1.57 bits per heavy atom. The fraction of sp³-hybridized carbons (Fsp3) is 1.00. The fourth-order valence-corrected chi connectivity index (χ4v) is 0.976. The highest BCUT2D eigenvalue weighted by Gasteiger charge is 1.80. The monoisotopic (exact) mass is 121 g/mol. The maximum absolute atomic E-state index is 10.2. The average molecular weight is 121 g/mol. The second-order valence-electron chi connectivity index (χ2n) is 1.67. The van der Waals surface area contributed by atoms with Crippen LogP contribution in [0.1, 0.15) is 13.8 Å². The van der Waals surface area contributed by atoms with E-state index in [1.54, 1.807) is 6.26 Å². The Morgan fingerprint density at radius 3 is 2.00 bits per heavy atom. The molecular weight excluding hydrogens is 110 g/mol. The van der Waals surface area contributed by atoms with Crippen LogP contribution >= 0.6 is 0 Å². The standard InChI is InChI=1S/C4H11NOS/c1-4(2)5-7(3)6/h4,7H,1-3H3. The maximum atomic E-state index is 10.2. The van der Waals surface area contributed by atoms with Crippen molar-refractivity contribution in [2.45, 2.75) is 19.9 Å². The fourth-order valence-electron chi connectivity index (χ4n) is 0.325. The summed E-state index contributed by atoms with van der Waals surface area (Å²) >= 11 is 0. The van der Waals surface area contributed by atoms with E-state index < -0.39 is 10.6 Å². The first-order valence-electron chi connectivity index (χ1n) is 2.24. The molecular formula is C4H11NOS. The molecule has 0 saturated carbocycles. The smallest absolute Gasteiger partial charge is 0.0535 e. The van der Waals surface area contributed by atoms with Crippen molar-refractivity contribution in [3.63, 3.8) is 0 Å². The van der Waals surface area contributed by atoms with Crippen LogP contribution in [0.5, 0.6) is 0 Å². The molecule has 0 fully saturated rings. The molecule has 1 atom stereocenters. The quantitative estimate of drug-likeness (QED) is 0.508. The van der Waals surface area contributed by atoms with Crippen molar-refractivity contribution in [2.24, 2.45) is 4.36 Å². The summed E-state index contributed by atoms with van der Waals surface area (Å²) in [4.78, 5) is 0. The van der Waals surface area contributed by atoms with Gasteiger partial charge in [0, 0.05) is 16.9 Å². The Hall–Kier alpha value is -0.0500. The van der Waals surface area contributed by atoms with Gasteiger partial charge in [-0.05, 0) is 13.8 Å². The van der Waals surface area contributed by atoms with Crippen molar-refractivity contribution in [2.75, 3.05) is 6.26 Å². The van der Waals surface area contributed by atoms with Crippen LogP contribution in [0.4, 0.5) is 0 Å². The highest BCUT2D eigenvalue weighted by molar-refractivity contribution is 7.74. The number of hydrogen-bond donors (Lipinski definition) is 1. The SMILES string of the molecule is CC(C)/N=[SH](\C)=O. The largest absolute Gasteiger partial charge is 0.253 e.